The van der Waals surface area contributed by atoms with E-state index in [9.17, 15) is 9.59 Å². The monoisotopic (exact) mass is 470 g/mol. The Hall–Kier alpha value is -4.37. The summed E-state index contributed by atoms with van der Waals surface area (Å²) >= 11 is 0. The summed E-state index contributed by atoms with van der Waals surface area (Å²) in [6.07, 6.45) is 8.04. The van der Waals surface area contributed by atoms with E-state index in [2.05, 4.69) is 25.6 Å². The molecule has 178 valence electrons. The lowest BCUT2D eigenvalue weighted by Gasteiger charge is -2.12. The van der Waals surface area contributed by atoms with Crippen molar-refractivity contribution in [2.45, 2.75) is 6.42 Å². The van der Waals surface area contributed by atoms with E-state index in [1.54, 1.807) is 30.6 Å². The second-order valence-electron chi connectivity index (χ2n) is 8.13. The third-order valence-electron chi connectivity index (χ3n) is 5.20. The molecule has 35 heavy (non-hydrogen) atoms. The van der Waals surface area contributed by atoms with E-state index < -0.39 is 11.9 Å². The van der Waals surface area contributed by atoms with Gasteiger partial charge in [0.25, 0.3) is 0 Å². The lowest BCUT2D eigenvalue weighted by Crippen LogP contribution is -2.16. The second-order valence-corrected chi connectivity index (χ2v) is 8.13. The van der Waals surface area contributed by atoms with Crippen molar-refractivity contribution in [3.05, 3.63) is 73.3 Å². The number of benzene rings is 2. The smallest absolute Gasteiger partial charge is 0.330 e. The number of pyridine rings is 1. The highest BCUT2D eigenvalue weighted by molar-refractivity contribution is 6.04. The first-order valence-electron chi connectivity index (χ1n) is 11.1. The van der Waals surface area contributed by atoms with Gasteiger partial charge < -0.3 is 20.3 Å². The van der Waals surface area contributed by atoms with Gasteiger partial charge in [0, 0.05) is 58.6 Å². The van der Waals surface area contributed by atoms with Crippen molar-refractivity contribution in [2.24, 2.45) is 0 Å². The van der Waals surface area contributed by atoms with Crippen molar-refractivity contribution in [3.63, 3.8) is 0 Å². The van der Waals surface area contributed by atoms with Crippen LogP contribution in [0.2, 0.25) is 0 Å². The molecule has 0 spiro atoms. The third kappa shape index (κ3) is 6.36. The number of fused-ring (bicyclic) bond motifs is 2. The molecule has 0 unspecified atom stereocenters. The number of nitrogens with one attached hydrogen (secondary N) is 2. The highest BCUT2D eigenvalue weighted by Crippen LogP contribution is 2.29. The third-order valence-corrected chi connectivity index (χ3v) is 5.20. The fourth-order valence-electron chi connectivity index (χ4n) is 3.52. The molecule has 0 atom stereocenters. The van der Waals surface area contributed by atoms with Crippen molar-refractivity contribution >= 4 is 50.7 Å². The summed E-state index contributed by atoms with van der Waals surface area (Å²) in [5.41, 5.74) is 2.15. The molecular formula is C26H26N6O3. The molecule has 0 saturated carbocycles. The number of aromatic nitrogens is 3. The Balaban J connectivity index is 1.46. The number of carbonyl (C=O) groups excluding carboxylic acids is 2. The lowest BCUT2D eigenvalue weighted by atomic mass is 10.1. The summed E-state index contributed by atoms with van der Waals surface area (Å²) in [6, 6.07) is 13.2. The van der Waals surface area contributed by atoms with Crippen LogP contribution in [0, 0.1) is 0 Å². The molecule has 0 bridgehead atoms. The van der Waals surface area contributed by atoms with E-state index in [-0.39, 0.29) is 0 Å². The maximum absolute atomic E-state index is 12.3. The molecule has 0 aliphatic rings. The van der Waals surface area contributed by atoms with Gasteiger partial charge in [0.2, 0.25) is 5.91 Å². The predicted octanol–water partition coefficient (Wildman–Crippen LogP) is 3.91. The van der Waals surface area contributed by atoms with E-state index in [0.29, 0.717) is 18.1 Å². The van der Waals surface area contributed by atoms with Crippen LogP contribution in [0.25, 0.3) is 21.7 Å². The van der Waals surface area contributed by atoms with E-state index in [1.165, 1.54) is 6.33 Å². The molecule has 2 aromatic heterocycles. The highest BCUT2D eigenvalue weighted by Gasteiger charge is 2.09. The zero-order valence-electron chi connectivity index (χ0n) is 19.6. The van der Waals surface area contributed by atoms with Gasteiger partial charge in [0.15, 0.2) is 0 Å². The molecule has 9 heteroatoms. The molecule has 0 aliphatic heterocycles. The number of esters is 1. The van der Waals surface area contributed by atoms with E-state index in [0.717, 1.165) is 52.5 Å². The van der Waals surface area contributed by atoms with Crippen LogP contribution in [-0.4, -0.2) is 59.0 Å². The molecule has 2 N–H and O–H groups in total. The van der Waals surface area contributed by atoms with Crippen molar-refractivity contribution in [2.75, 3.05) is 37.9 Å². The standard InChI is InChI=1S/C26H26N6O3/c1-32(2)13-4-14-35-25(34)10-9-24(33)30-19-7-8-22-21(15-19)26(29-17-28-22)31-23-6-3-5-18-16-27-12-11-20(18)23/h3,5-12,15-17H,4,13-14H2,1-2H3,(H,30,33)(H,28,29,31). The van der Waals surface area contributed by atoms with Crippen LogP contribution in [0.5, 0.6) is 0 Å². The minimum absolute atomic E-state index is 0.302. The first kappa shape index (κ1) is 23.8. The number of ether oxygens (including phenoxy) is 1. The molecule has 2 heterocycles. The second kappa shape index (κ2) is 11.2. The predicted molar refractivity (Wildman–Crippen MR) is 136 cm³/mol. The summed E-state index contributed by atoms with van der Waals surface area (Å²) in [5.74, 6) is -0.391. The molecular weight excluding hydrogens is 444 g/mol. The Morgan fingerprint density at radius 1 is 1.06 bits per heavy atom. The van der Waals surface area contributed by atoms with Crippen LogP contribution in [0.4, 0.5) is 17.2 Å². The first-order valence-corrected chi connectivity index (χ1v) is 11.1. The fourth-order valence-corrected chi connectivity index (χ4v) is 3.52. The summed E-state index contributed by atoms with van der Waals surface area (Å²) in [5, 5.41) is 8.89. The van der Waals surface area contributed by atoms with Gasteiger partial charge in [-0.05, 0) is 50.8 Å². The van der Waals surface area contributed by atoms with Crippen LogP contribution in [-0.2, 0) is 14.3 Å². The minimum Gasteiger partial charge on any atom is -0.462 e. The number of anilines is 3. The van der Waals surface area contributed by atoms with Gasteiger partial charge in [0.1, 0.15) is 12.1 Å². The topological polar surface area (TPSA) is 109 Å². The normalized spacial score (nSPS) is 11.3. The molecule has 4 rings (SSSR count). The van der Waals surface area contributed by atoms with Crippen LogP contribution in [0.1, 0.15) is 6.42 Å². The Morgan fingerprint density at radius 2 is 1.94 bits per heavy atom. The Bertz CT molecular complexity index is 1380. The maximum atomic E-state index is 12.3. The average Bonchev–Trinajstić information content (AvgIpc) is 2.86. The molecule has 0 fully saturated rings. The van der Waals surface area contributed by atoms with E-state index >= 15 is 0 Å². The Kier molecular flexibility index (Phi) is 7.59. The zero-order chi connectivity index (χ0) is 24.6. The van der Waals surface area contributed by atoms with E-state index in [4.69, 9.17) is 4.74 Å². The van der Waals surface area contributed by atoms with Crippen LogP contribution in [0.3, 0.4) is 0 Å². The van der Waals surface area contributed by atoms with Crippen molar-refractivity contribution < 1.29 is 14.3 Å². The van der Waals surface area contributed by atoms with Crippen molar-refractivity contribution in [1.82, 2.24) is 19.9 Å². The summed E-state index contributed by atoms with van der Waals surface area (Å²) < 4.78 is 5.09. The van der Waals surface area contributed by atoms with Gasteiger partial charge in [-0.2, -0.15) is 0 Å². The quantitative estimate of drug-likeness (QED) is 0.215. The maximum Gasteiger partial charge on any atom is 0.330 e. The SMILES string of the molecule is CN(C)CCCOC(=O)C=CC(=O)Nc1ccc2ncnc(Nc3cccc4cnccc34)c2c1. The number of nitrogens with zero attached hydrogens (tertiary/aromatic N) is 4. The van der Waals surface area contributed by atoms with Gasteiger partial charge in [0.05, 0.1) is 12.1 Å². The molecule has 9 nitrogen and oxygen atoms in total. The van der Waals surface area contributed by atoms with Crippen LogP contribution >= 0.6 is 0 Å². The number of rotatable bonds is 9. The molecule has 2 aromatic carbocycles. The lowest BCUT2D eigenvalue weighted by molar-refractivity contribution is -0.138. The van der Waals surface area contributed by atoms with Gasteiger partial charge in [-0.15, -0.1) is 0 Å². The average molecular weight is 471 g/mol. The molecule has 0 radical (unpaired) electrons. The first-order chi connectivity index (χ1) is 17.0. The highest BCUT2D eigenvalue weighted by atomic mass is 16.5. The summed E-state index contributed by atoms with van der Waals surface area (Å²) in [7, 11) is 3.90. The van der Waals surface area contributed by atoms with E-state index in [1.807, 2.05) is 43.3 Å². The van der Waals surface area contributed by atoms with Crippen molar-refractivity contribution in [3.8, 4) is 0 Å². The van der Waals surface area contributed by atoms with Crippen LogP contribution in [0.15, 0.2) is 73.3 Å². The zero-order valence-corrected chi connectivity index (χ0v) is 19.6. The molecule has 4 aromatic rings. The van der Waals surface area contributed by atoms with Gasteiger partial charge >= 0.3 is 5.97 Å². The number of carbonyl (C=O) groups is 2. The van der Waals surface area contributed by atoms with Gasteiger partial charge in [-0.3, -0.25) is 9.78 Å². The summed E-state index contributed by atoms with van der Waals surface area (Å²) in [4.78, 5) is 39.0. The Morgan fingerprint density at radius 3 is 2.80 bits per heavy atom. The number of hydrogen-bond donors (Lipinski definition) is 2. The minimum atomic E-state index is -0.553. The number of amides is 1. The summed E-state index contributed by atoms with van der Waals surface area (Å²) in [6.45, 7) is 1.12. The van der Waals surface area contributed by atoms with Crippen LogP contribution < -0.4 is 10.6 Å². The fraction of sp³-hybridized carbons (Fsp3) is 0.192. The van der Waals surface area contributed by atoms with Crippen molar-refractivity contribution in [1.29, 1.82) is 0 Å². The van der Waals surface area contributed by atoms with Gasteiger partial charge in [-0.1, -0.05) is 12.1 Å². The largest absolute Gasteiger partial charge is 0.462 e. The Labute approximate surface area is 202 Å². The van der Waals surface area contributed by atoms with Gasteiger partial charge in [-0.25, -0.2) is 14.8 Å². The molecule has 1 amide bonds. The number of hydrogen-bond acceptors (Lipinski definition) is 8. The molecule has 0 aliphatic carbocycles. The molecule has 0 saturated heterocycles.